The highest BCUT2D eigenvalue weighted by Crippen LogP contribution is 2.37. The Hall–Kier alpha value is -3.43. The number of aromatic carboxylic acids is 3. The van der Waals surface area contributed by atoms with Crippen LogP contribution in [0.2, 0.25) is 0 Å². The number of ether oxygens (including phenoxy) is 2. The summed E-state index contributed by atoms with van der Waals surface area (Å²) in [5.74, 6) is -7.21. The lowest BCUT2D eigenvalue weighted by molar-refractivity contribution is -0.123. The van der Waals surface area contributed by atoms with Crippen LogP contribution in [-0.4, -0.2) is 46.2 Å². The minimum absolute atomic E-state index is 0.231. The van der Waals surface area contributed by atoms with Gasteiger partial charge in [0.25, 0.3) is 12.9 Å². The van der Waals surface area contributed by atoms with Crippen LogP contribution in [0.25, 0.3) is 0 Å². The first-order valence-electron chi connectivity index (χ1n) is 4.96. The predicted molar refractivity (Wildman–Crippen MR) is 60.7 cm³/mol. The molecule has 21 heavy (non-hydrogen) atoms. The van der Waals surface area contributed by atoms with E-state index in [9.17, 15) is 24.0 Å². The molecule has 0 saturated heterocycles. The molecule has 10 nitrogen and oxygen atoms in total. The molecule has 0 radical (unpaired) electrons. The second-order valence-corrected chi connectivity index (χ2v) is 3.35. The fourth-order valence-electron chi connectivity index (χ4n) is 1.51. The summed E-state index contributed by atoms with van der Waals surface area (Å²) in [4.78, 5) is 54.0. The Labute approximate surface area is 115 Å². The van der Waals surface area contributed by atoms with Gasteiger partial charge in [0.1, 0.15) is 11.1 Å². The molecule has 0 atom stereocenters. The van der Waals surface area contributed by atoms with Gasteiger partial charge in [0.15, 0.2) is 11.5 Å². The number of carbonyl (C=O) groups excluding carboxylic acids is 2. The molecule has 0 aliphatic carbocycles. The van der Waals surface area contributed by atoms with E-state index in [1.807, 2.05) is 0 Å². The molecule has 0 saturated carbocycles. The van der Waals surface area contributed by atoms with Gasteiger partial charge < -0.3 is 24.8 Å². The Bertz CT molecular complexity index is 645. The van der Waals surface area contributed by atoms with Crippen LogP contribution in [0.4, 0.5) is 0 Å². The standard InChI is InChI=1S/C11H6O10/c12-2-20-7-5(10(16)17)1-4(9(14)15)6(11(18)19)8(7)21-3-13/h1-3H,(H,14,15)(H,16,17)(H,18,19). The number of rotatable bonds is 7. The first kappa shape index (κ1) is 15.6. The average Bonchev–Trinajstić information content (AvgIpc) is 2.39. The van der Waals surface area contributed by atoms with Crippen LogP contribution in [0.3, 0.4) is 0 Å². The van der Waals surface area contributed by atoms with Crippen LogP contribution in [0.1, 0.15) is 31.1 Å². The second-order valence-electron chi connectivity index (χ2n) is 3.35. The van der Waals surface area contributed by atoms with E-state index in [2.05, 4.69) is 9.47 Å². The number of hydrogen-bond acceptors (Lipinski definition) is 7. The van der Waals surface area contributed by atoms with Crippen LogP contribution < -0.4 is 9.47 Å². The van der Waals surface area contributed by atoms with E-state index in [0.717, 1.165) is 0 Å². The van der Waals surface area contributed by atoms with Gasteiger partial charge in [-0.15, -0.1) is 0 Å². The van der Waals surface area contributed by atoms with Crippen LogP contribution >= 0.6 is 0 Å². The molecular formula is C11H6O10. The van der Waals surface area contributed by atoms with Crippen LogP contribution in [0.15, 0.2) is 6.07 Å². The molecule has 1 aromatic rings. The van der Waals surface area contributed by atoms with Crippen molar-refractivity contribution in [3.8, 4) is 11.5 Å². The number of carboxylic acids is 3. The van der Waals surface area contributed by atoms with Gasteiger partial charge in [-0.3, -0.25) is 9.59 Å². The molecule has 0 fully saturated rings. The van der Waals surface area contributed by atoms with Crippen molar-refractivity contribution in [3.63, 3.8) is 0 Å². The third kappa shape index (κ3) is 2.94. The third-order valence-electron chi connectivity index (χ3n) is 2.24. The van der Waals surface area contributed by atoms with Crippen LogP contribution in [0.5, 0.6) is 11.5 Å². The molecule has 0 heterocycles. The maximum Gasteiger partial charge on any atom is 0.340 e. The Morgan fingerprint density at radius 2 is 1.29 bits per heavy atom. The zero-order valence-electron chi connectivity index (χ0n) is 9.93. The molecule has 110 valence electrons. The summed E-state index contributed by atoms with van der Waals surface area (Å²) in [6.45, 7) is -0.498. The van der Waals surface area contributed by atoms with E-state index in [-0.39, 0.29) is 12.9 Å². The average molecular weight is 298 g/mol. The largest absolute Gasteiger partial charge is 0.478 e. The first-order valence-corrected chi connectivity index (χ1v) is 4.96. The summed E-state index contributed by atoms with van der Waals surface area (Å²) in [6.07, 6.45) is 0. The highest BCUT2D eigenvalue weighted by molar-refractivity contribution is 6.08. The maximum atomic E-state index is 11.1. The molecule has 0 aliphatic heterocycles. The van der Waals surface area contributed by atoms with Gasteiger partial charge in [-0.2, -0.15) is 0 Å². The van der Waals surface area contributed by atoms with E-state index in [0.29, 0.717) is 6.07 Å². The summed E-state index contributed by atoms with van der Waals surface area (Å²) in [6, 6.07) is 0.477. The van der Waals surface area contributed by atoms with Gasteiger partial charge in [-0.05, 0) is 6.07 Å². The summed E-state index contributed by atoms with van der Waals surface area (Å²) >= 11 is 0. The van der Waals surface area contributed by atoms with Gasteiger partial charge in [0, 0.05) is 0 Å². The second kappa shape index (κ2) is 6.14. The number of carbonyl (C=O) groups is 5. The molecule has 0 spiro atoms. The zero-order valence-corrected chi connectivity index (χ0v) is 9.93. The lowest BCUT2D eigenvalue weighted by Gasteiger charge is -2.13. The SMILES string of the molecule is O=COc1c(C(=O)O)cc(C(=O)O)c(C(=O)O)c1OC=O. The van der Waals surface area contributed by atoms with E-state index < -0.39 is 46.1 Å². The summed E-state index contributed by atoms with van der Waals surface area (Å²) in [5.41, 5.74) is -2.84. The summed E-state index contributed by atoms with van der Waals surface area (Å²) in [7, 11) is 0. The third-order valence-corrected chi connectivity index (χ3v) is 2.24. The summed E-state index contributed by atoms with van der Waals surface area (Å²) < 4.78 is 8.60. The molecule has 0 bridgehead atoms. The van der Waals surface area contributed by atoms with Crippen LogP contribution in [-0.2, 0) is 9.59 Å². The Morgan fingerprint density at radius 3 is 1.67 bits per heavy atom. The van der Waals surface area contributed by atoms with Crippen molar-refractivity contribution in [2.75, 3.05) is 0 Å². The highest BCUT2D eigenvalue weighted by atomic mass is 16.6. The fraction of sp³-hybridized carbons (Fsp3) is 0. The van der Waals surface area contributed by atoms with Gasteiger partial charge in [0.2, 0.25) is 0 Å². The smallest absolute Gasteiger partial charge is 0.340 e. The van der Waals surface area contributed by atoms with Crippen molar-refractivity contribution < 1.29 is 48.8 Å². The van der Waals surface area contributed by atoms with Gasteiger partial charge in [-0.25, -0.2) is 14.4 Å². The van der Waals surface area contributed by atoms with Crippen molar-refractivity contribution in [1.82, 2.24) is 0 Å². The quantitative estimate of drug-likeness (QED) is 0.576. The van der Waals surface area contributed by atoms with E-state index in [1.165, 1.54) is 0 Å². The monoisotopic (exact) mass is 298 g/mol. The van der Waals surface area contributed by atoms with E-state index in [1.54, 1.807) is 0 Å². The molecule has 0 aromatic heterocycles. The lowest BCUT2D eigenvalue weighted by atomic mass is 10.0. The molecular weight excluding hydrogens is 292 g/mol. The van der Waals surface area contributed by atoms with Gasteiger partial charge >= 0.3 is 17.9 Å². The van der Waals surface area contributed by atoms with Crippen molar-refractivity contribution >= 4 is 30.9 Å². The zero-order chi connectivity index (χ0) is 16.2. The minimum Gasteiger partial charge on any atom is -0.478 e. The van der Waals surface area contributed by atoms with Crippen molar-refractivity contribution in [3.05, 3.63) is 22.8 Å². The minimum atomic E-state index is -1.82. The predicted octanol–water partition coefficient (Wildman–Crippen LogP) is -0.148. The molecule has 0 aliphatic rings. The van der Waals surface area contributed by atoms with Crippen molar-refractivity contribution in [2.45, 2.75) is 0 Å². The Morgan fingerprint density at radius 1 is 0.810 bits per heavy atom. The fourth-order valence-corrected chi connectivity index (χ4v) is 1.51. The van der Waals surface area contributed by atoms with E-state index in [4.69, 9.17) is 15.3 Å². The van der Waals surface area contributed by atoms with Crippen LogP contribution in [0, 0.1) is 0 Å². The molecule has 1 rings (SSSR count). The molecule has 3 N–H and O–H groups in total. The van der Waals surface area contributed by atoms with Gasteiger partial charge in [-0.1, -0.05) is 0 Å². The molecule has 1 aromatic carbocycles. The molecule has 0 unspecified atom stereocenters. The summed E-state index contributed by atoms with van der Waals surface area (Å²) in [5, 5.41) is 26.9. The number of carboxylic acid groups (broad SMARTS) is 3. The Kier molecular flexibility index (Phi) is 4.57. The lowest BCUT2D eigenvalue weighted by Crippen LogP contribution is -2.15. The maximum absolute atomic E-state index is 11.1. The Balaban J connectivity index is 3.91. The van der Waals surface area contributed by atoms with Crippen molar-refractivity contribution in [1.29, 1.82) is 0 Å². The number of benzene rings is 1. The highest BCUT2D eigenvalue weighted by Gasteiger charge is 2.31. The number of hydrogen-bond donors (Lipinski definition) is 3. The van der Waals surface area contributed by atoms with Gasteiger partial charge in [0.05, 0.1) is 5.56 Å². The molecule has 10 heteroatoms. The molecule has 0 amide bonds. The van der Waals surface area contributed by atoms with E-state index >= 15 is 0 Å². The first-order chi connectivity index (χ1) is 9.84. The van der Waals surface area contributed by atoms with Crippen molar-refractivity contribution in [2.24, 2.45) is 0 Å². The topological polar surface area (TPSA) is 164 Å². The normalized spacial score (nSPS) is 9.52.